The number of ether oxygens (including phenoxy) is 1. The third-order valence-corrected chi connectivity index (χ3v) is 4.18. The Morgan fingerprint density at radius 3 is 2.64 bits per heavy atom. The van der Waals surface area contributed by atoms with E-state index in [2.05, 4.69) is 55.7 Å². The first-order chi connectivity index (χ1) is 10.7. The summed E-state index contributed by atoms with van der Waals surface area (Å²) in [6.07, 6.45) is 3.30. The second-order valence-corrected chi connectivity index (χ2v) is 6.07. The number of hydrogen-bond donors (Lipinski definition) is 2. The Morgan fingerprint density at radius 2 is 2.00 bits per heavy atom. The lowest BCUT2D eigenvalue weighted by atomic mass is 10.0. The molecule has 1 atom stereocenters. The van der Waals surface area contributed by atoms with Gasteiger partial charge in [0.15, 0.2) is 5.96 Å². The number of rotatable bonds is 6. The molecule has 1 aliphatic rings. The predicted molar refractivity (Wildman–Crippen MR) is 92.2 cm³/mol. The molecule has 0 spiro atoms. The summed E-state index contributed by atoms with van der Waals surface area (Å²) in [6.45, 7) is 9.68. The van der Waals surface area contributed by atoms with Crippen LogP contribution in [0.4, 0.5) is 0 Å². The maximum absolute atomic E-state index is 5.82. The lowest BCUT2D eigenvalue weighted by Gasteiger charge is -2.24. The van der Waals surface area contributed by atoms with E-state index in [0.29, 0.717) is 6.54 Å². The van der Waals surface area contributed by atoms with E-state index in [1.807, 2.05) is 0 Å². The van der Waals surface area contributed by atoms with E-state index in [-0.39, 0.29) is 5.60 Å². The Bertz CT molecular complexity index is 493. The van der Waals surface area contributed by atoms with Crippen molar-refractivity contribution >= 4 is 5.96 Å². The monoisotopic (exact) mass is 303 g/mol. The van der Waals surface area contributed by atoms with Crippen molar-refractivity contribution in [2.24, 2.45) is 4.99 Å². The highest BCUT2D eigenvalue weighted by atomic mass is 16.5. The molecule has 4 nitrogen and oxygen atoms in total. The first kappa shape index (κ1) is 16.8. The van der Waals surface area contributed by atoms with Gasteiger partial charge >= 0.3 is 0 Å². The summed E-state index contributed by atoms with van der Waals surface area (Å²) in [5.41, 5.74) is 2.61. The molecule has 122 valence electrons. The first-order valence-corrected chi connectivity index (χ1v) is 8.40. The van der Waals surface area contributed by atoms with Crippen molar-refractivity contribution in [3.8, 4) is 0 Å². The van der Waals surface area contributed by atoms with Crippen molar-refractivity contribution in [1.29, 1.82) is 0 Å². The molecule has 4 heteroatoms. The first-order valence-electron chi connectivity index (χ1n) is 8.40. The van der Waals surface area contributed by atoms with E-state index < -0.39 is 0 Å². The van der Waals surface area contributed by atoms with E-state index in [1.165, 1.54) is 11.1 Å². The summed E-state index contributed by atoms with van der Waals surface area (Å²) in [5.74, 6) is 0.866. The Labute approximate surface area is 134 Å². The minimum atomic E-state index is -0.0580. The van der Waals surface area contributed by atoms with Gasteiger partial charge in [0, 0.05) is 19.7 Å². The molecule has 1 saturated heterocycles. The van der Waals surface area contributed by atoms with Crippen LogP contribution in [0.15, 0.2) is 29.3 Å². The lowest BCUT2D eigenvalue weighted by molar-refractivity contribution is 0.0243. The van der Waals surface area contributed by atoms with Gasteiger partial charge in [0.2, 0.25) is 0 Å². The van der Waals surface area contributed by atoms with Crippen LogP contribution in [0.1, 0.15) is 44.7 Å². The zero-order valence-corrected chi connectivity index (χ0v) is 14.1. The summed E-state index contributed by atoms with van der Waals surface area (Å²) in [6, 6.07) is 8.51. The fraction of sp³-hybridized carbons (Fsp3) is 0.611. The van der Waals surface area contributed by atoms with E-state index in [9.17, 15) is 0 Å². The molecule has 1 aromatic rings. The fourth-order valence-corrected chi connectivity index (χ4v) is 2.81. The number of aliphatic imine (C=N–C) groups is 1. The minimum absolute atomic E-state index is 0.0580. The van der Waals surface area contributed by atoms with Crippen LogP contribution in [-0.2, 0) is 17.7 Å². The molecule has 0 aromatic heterocycles. The van der Waals surface area contributed by atoms with Crippen molar-refractivity contribution in [1.82, 2.24) is 10.6 Å². The van der Waals surface area contributed by atoms with Gasteiger partial charge in [-0.15, -0.1) is 0 Å². The molecule has 0 saturated carbocycles. The van der Waals surface area contributed by atoms with E-state index in [0.717, 1.165) is 44.9 Å². The van der Waals surface area contributed by atoms with Gasteiger partial charge in [-0.2, -0.15) is 0 Å². The lowest BCUT2D eigenvalue weighted by Crippen LogP contribution is -2.45. The van der Waals surface area contributed by atoms with Crippen LogP contribution < -0.4 is 10.6 Å². The molecule has 22 heavy (non-hydrogen) atoms. The molecule has 2 rings (SSSR count). The molecular weight excluding hydrogens is 274 g/mol. The molecule has 2 N–H and O–H groups in total. The number of aryl methyl sites for hydroxylation is 1. The summed E-state index contributed by atoms with van der Waals surface area (Å²) >= 11 is 0. The molecule has 1 unspecified atom stereocenters. The van der Waals surface area contributed by atoms with Gasteiger partial charge in [0.25, 0.3) is 0 Å². The van der Waals surface area contributed by atoms with Gasteiger partial charge in [-0.05, 0) is 44.2 Å². The van der Waals surface area contributed by atoms with Gasteiger partial charge < -0.3 is 15.4 Å². The summed E-state index contributed by atoms with van der Waals surface area (Å²) < 4.78 is 5.82. The SMILES string of the molecule is CCNC(=NCc1ccccc1CC)NCC1(C)CCCO1. The molecule has 0 bridgehead atoms. The van der Waals surface area contributed by atoms with Gasteiger partial charge in [-0.3, -0.25) is 0 Å². The summed E-state index contributed by atoms with van der Waals surface area (Å²) in [7, 11) is 0. The highest BCUT2D eigenvalue weighted by Crippen LogP contribution is 2.23. The maximum atomic E-state index is 5.82. The Balaban J connectivity index is 1.97. The normalized spacial score (nSPS) is 21.9. The average Bonchev–Trinajstić information content (AvgIpc) is 2.97. The molecule has 0 amide bonds. The van der Waals surface area contributed by atoms with E-state index in [4.69, 9.17) is 9.73 Å². The highest BCUT2D eigenvalue weighted by molar-refractivity contribution is 5.79. The number of benzene rings is 1. The largest absolute Gasteiger partial charge is 0.373 e. The van der Waals surface area contributed by atoms with Crippen LogP contribution in [0, 0.1) is 0 Å². The number of hydrogen-bond acceptors (Lipinski definition) is 2. The third kappa shape index (κ3) is 4.73. The quantitative estimate of drug-likeness (QED) is 0.627. The third-order valence-electron chi connectivity index (χ3n) is 4.18. The number of nitrogens with zero attached hydrogens (tertiary/aromatic N) is 1. The Morgan fingerprint density at radius 1 is 1.23 bits per heavy atom. The molecule has 1 aromatic carbocycles. The maximum Gasteiger partial charge on any atom is 0.191 e. The van der Waals surface area contributed by atoms with Crippen molar-refractivity contribution in [2.75, 3.05) is 19.7 Å². The van der Waals surface area contributed by atoms with Crippen molar-refractivity contribution in [3.05, 3.63) is 35.4 Å². The molecule has 0 radical (unpaired) electrons. The second-order valence-electron chi connectivity index (χ2n) is 6.07. The van der Waals surface area contributed by atoms with Crippen LogP contribution >= 0.6 is 0 Å². The van der Waals surface area contributed by atoms with Crippen LogP contribution in [0.2, 0.25) is 0 Å². The van der Waals surface area contributed by atoms with Crippen LogP contribution in [0.25, 0.3) is 0 Å². The van der Waals surface area contributed by atoms with E-state index in [1.54, 1.807) is 0 Å². The van der Waals surface area contributed by atoms with Crippen molar-refractivity contribution in [3.63, 3.8) is 0 Å². The van der Waals surface area contributed by atoms with Crippen LogP contribution in [0.3, 0.4) is 0 Å². The van der Waals surface area contributed by atoms with E-state index >= 15 is 0 Å². The molecule has 1 fully saturated rings. The Hall–Kier alpha value is -1.55. The van der Waals surface area contributed by atoms with Gasteiger partial charge in [-0.1, -0.05) is 31.2 Å². The summed E-state index contributed by atoms with van der Waals surface area (Å²) in [5, 5.41) is 6.74. The molecule has 0 aliphatic carbocycles. The van der Waals surface area contributed by atoms with Crippen molar-refractivity contribution < 1.29 is 4.74 Å². The zero-order chi connectivity index (χ0) is 15.8. The fourth-order valence-electron chi connectivity index (χ4n) is 2.81. The highest BCUT2D eigenvalue weighted by Gasteiger charge is 2.29. The molecule has 1 heterocycles. The van der Waals surface area contributed by atoms with Gasteiger partial charge in [0.05, 0.1) is 12.1 Å². The topological polar surface area (TPSA) is 45.7 Å². The zero-order valence-electron chi connectivity index (χ0n) is 14.1. The van der Waals surface area contributed by atoms with Gasteiger partial charge in [-0.25, -0.2) is 4.99 Å². The smallest absolute Gasteiger partial charge is 0.191 e. The standard InChI is InChI=1S/C18H29N3O/c1-4-15-9-6-7-10-16(15)13-20-17(19-5-2)21-14-18(3)11-8-12-22-18/h6-7,9-10H,4-5,8,11-14H2,1-3H3,(H2,19,20,21). The van der Waals surface area contributed by atoms with Crippen LogP contribution in [-0.4, -0.2) is 31.3 Å². The Kier molecular flexibility index (Phi) is 6.25. The average molecular weight is 303 g/mol. The summed E-state index contributed by atoms with van der Waals surface area (Å²) in [4.78, 5) is 4.72. The molecular formula is C18H29N3O. The van der Waals surface area contributed by atoms with Gasteiger partial charge in [0.1, 0.15) is 0 Å². The molecule has 1 aliphatic heterocycles. The van der Waals surface area contributed by atoms with Crippen LogP contribution in [0.5, 0.6) is 0 Å². The minimum Gasteiger partial charge on any atom is -0.373 e. The number of guanidine groups is 1. The van der Waals surface area contributed by atoms with Crippen molar-refractivity contribution in [2.45, 2.75) is 52.2 Å². The second kappa shape index (κ2) is 8.18. The number of nitrogens with one attached hydrogen (secondary N) is 2. The predicted octanol–water partition coefficient (Wildman–Crippen LogP) is 2.87.